The summed E-state index contributed by atoms with van der Waals surface area (Å²) < 4.78 is 0. The van der Waals surface area contributed by atoms with Crippen molar-refractivity contribution in [1.29, 1.82) is 0 Å². The van der Waals surface area contributed by atoms with E-state index in [-0.39, 0.29) is 24.3 Å². The van der Waals surface area contributed by atoms with Crippen LogP contribution < -0.4 is 5.32 Å². The van der Waals surface area contributed by atoms with Crippen LogP contribution in [-0.2, 0) is 9.59 Å². The highest BCUT2D eigenvalue weighted by atomic mass is 16.2. The van der Waals surface area contributed by atoms with Crippen LogP contribution in [0.5, 0.6) is 0 Å². The third-order valence-electron chi connectivity index (χ3n) is 3.23. The van der Waals surface area contributed by atoms with Gasteiger partial charge in [0.1, 0.15) is 0 Å². The topological polar surface area (TPSA) is 52.7 Å². The molecule has 0 aromatic carbocycles. The van der Waals surface area contributed by atoms with E-state index in [9.17, 15) is 9.59 Å². The van der Waals surface area contributed by atoms with E-state index in [0.717, 1.165) is 39.0 Å². The van der Waals surface area contributed by atoms with Gasteiger partial charge in [0, 0.05) is 33.2 Å². The van der Waals surface area contributed by atoms with Gasteiger partial charge in [0.25, 0.3) is 0 Å². The Morgan fingerprint density at radius 3 is 2.56 bits per heavy atom. The Kier molecular flexibility index (Phi) is 6.12. The molecule has 5 nitrogen and oxygen atoms in total. The van der Waals surface area contributed by atoms with Crippen LogP contribution in [0.1, 0.15) is 33.1 Å². The molecule has 0 radical (unpaired) electrons. The molecular weight excluding hydrogens is 230 g/mol. The number of nitrogens with one attached hydrogen (secondary N) is 1. The number of rotatable bonds is 6. The summed E-state index contributed by atoms with van der Waals surface area (Å²) in [5.41, 5.74) is 0. The van der Waals surface area contributed by atoms with Crippen LogP contribution in [0, 0.1) is 0 Å². The summed E-state index contributed by atoms with van der Waals surface area (Å²) >= 11 is 0. The predicted molar refractivity (Wildman–Crippen MR) is 71.2 cm³/mol. The summed E-state index contributed by atoms with van der Waals surface area (Å²) in [6, 6.07) is -0.340. The quantitative estimate of drug-likeness (QED) is 0.750. The standard InChI is InChI=1S/C13H25N3O2/c1-4-7-16(8-5-2)12(17)10-11-13(18)15(3)9-6-14-11/h11,14H,4-10H2,1-3H3. The maximum Gasteiger partial charge on any atom is 0.240 e. The van der Waals surface area contributed by atoms with Crippen molar-refractivity contribution in [2.45, 2.75) is 39.2 Å². The lowest BCUT2D eigenvalue weighted by Crippen LogP contribution is -2.55. The van der Waals surface area contributed by atoms with E-state index in [2.05, 4.69) is 19.2 Å². The van der Waals surface area contributed by atoms with Crippen LogP contribution in [-0.4, -0.2) is 60.9 Å². The van der Waals surface area contributed by atoms with Gasteiger partial charge < -0.3 is 15.1 Å². The van der Waals surface area contributed by atoms with Crippen LogP contribution >= 0.6 is 0 Å². The summed E-state index contributed by atoms with van der Waals surface area (Å²) in [6.07, 6.45) is 2.19. The van der Waals surface area contributed by atoms with Gasteiger partial charge in [0.15, 0.2) is 0 Å². The summed E-state index contributed by atoms with van der Waals surface area (Å²) in [7, 11) is 1.79. The molecule has 1 saturated heterocycles. The minimum Gasteiger partial charge on any atom is -0.343 e. The van der Waals surface area contributed by atoms with E-state index in [1.807, 2.05) is 4.90 Å². The minimum absolute atomic E-state index is 0.0301. The summed E-state index contributed by atoms with van der Waals surface area (Å²) in [4.78, 5) is 27.6. The van der Waals surface area contributed by atoms with E-state index >= 15 is 0 Å². The molecule has 1 rings (SSSR count). The van der Waals surface area contributed by atoms with Gasteiger partial charge in [0.05, 0.1) is 12.5 Å². The zero-order chi connectivity index (χ0) is 13.5. The van der Waals surface area contributed by atoms with Crippen molar-refractivity contribution in [2.24, 2.45) is 0 Å². The first kappa shape index (κ1) is 15.0. The van der Waals surface area contributed by atoms with Gasteiger partial charge in [0.2, 0.25) is 11.8 Å². The highest BCUT2D eigenvalue weighted by Gasteiger charge is 2.29. The monoisotopic (exact) mass is 255 g/mol. The van der Waals surface area contributed by atoms with Crippen LogP contribution in [0.25, 0.3) is 0 Å². The summed E-state index contributed by atoms with van der Waals surface area (Å²) in [5, 5.41) is 3.13. The zero-order valence-corrected chi connectivity index (χ0v) is 11.7. The number of carbonyl (C=O) groups is 2. The predicted octanol–water partition coefficient (Wildman–Crippen LogP) is 0.455. The molecule has 18 heavy (non-hydrogen) atoms. The Morgan fingerprint density at radius 1 is 1.39 bits per heavy atom. The van der Waals surface area contributed by atoms with Gasteiger partial charge in [-0.1, -0.05) is 13.8 Å². The minimum atomic E-state index is -0.340. The number of nitrogens with zero attached hydrogens (tertiary/aromatic N) is 2. The average molecular weight is 255 g/mol. The Morgan fingerprint density at radius 2 is 2.00 bits per heavy atom. The molecule has 104 valence electrons. The SMILES string of the molecule is CCCN(CCC)C(=O)CC1NCCN(C)C1=O. The molecule has 0 aromatic rings. The van der Waals surface area contributed by atoms with Crippen molar-refractivity contribution in [2.75, 3.05) is 33.2 Å². The number of carbonyl (C=O) groups excluding carboxylic acids is 2. The second-order valence-corrected chi connectivity index (χ2v) is 4.85. The first-order valence-electron chi connectivity index (χ1n) is 6.86. The second kappa shape index (κ2) is 7.36. The maximum absolute atomic E-state index is 12.2. The third-order valence-corrected chi connectivity index (χ3v) is 3.23. The molecule has 1 unspecified atom stereocenters. The number of amides is 2. The molecule has 1 fully saturated rings. The van der Waals surface area contributed by atoms with E-state index in [4.69, 9.17) is 0 Å². The summed E-state index contributed by atoms with van der Waals surface area (Å²) in [5.74, 6) is 0.113. The first-order chi connectivity index (χ1) is 8.60. The molecule has 0 spiro atoms. The lowest BCUT2D eigenvalue weighted by molar-refractivity contribution is -0.140. The van der Waals surface area contributed by atoms with E-state index in [0.29, 0.717) is 0 Å². The lowest BCUT2D eigenvalue weighted by Gasteiger charge is -2.31. The van der Waals surface area contributed by atoms with Gasteiger partial charge >= 0.3 is 0 Å². The Labute approximate surface area is 110 Å². The van der Waals surface area contributed by atoms with Crippen LogP contribution in [0.15, 0.2) is 0 Å². The Bertz CT molecular complexity index is 288. The van der Waals surface area contributed by atoms with Crippen molar-refractivity contribution in [3.8, 4) is 0 Å². The van der Waals surface area contributed by atoms with Crippen molar-refractivity contribution in [1.82, 2.24) is 15.1 Å². The van der Waals surface area contributed by atoms with Crippen LogP contribution in [0.2, 0.25) is 0 Å². The van der Waals surface area contributed by atoms with Crippen LogP contribution in [0.4, 0.5) is 0 Å². The Balaban J connectivity index is 2.53. The van der Waals surface area contributed by atoms with Gasteiger partial charge in [-0.25, -0.2) is 0 Å². The van der Waals surface area contributed by atoms with E-state index in [1.165, 1.54) is 0 Å². The number of likely N-dealkylation sites (N-methyl/N-ethyl adjacent to an activating group) is 1. The molecule has 1 aliphatic heterocycles. The van der Waals surface area contributed by atoms with Gasteiger partial charge in [-0.15, -0.1) is 0 Å². The molecule has 0 bridgehead atoms. The van der Waals surface area contributed by atoms with E-state index in [1.54, 1.807) is 11.9 Å². The molecule has 1 N–H and O–H groups in total. The highest BCUT2D eigenvalue weighted by molar-refractivity contribution is 5.88. The smallest absolute Gasteiger partial charge is 0.240 e. The molecule has 1 heterocycles. The fourth-order valence-corrected chi connectivity index (χ4v) is 2.23. The normalized spacial score (nSPS) is 20.1. The van der Waals surface area contributed by atoms with Gasteiger partial charge in [-0.2, -0.15) is 0 Å². The highest BCUT2D eigenvalue weighted by Crippen LogP contribution is 2.07. The maximum atomic E-state index is 12.2. The molecule has 2 amide bonds. The van der Waals surface area contributed by atoms with Gasteiger partial charge in [-0.05, 0) is 12.8 Å². The molecule has 1 atom stereocenters. The zero-order valence-electron chi connectivity index (χ0n) is 11.7. The van der Waals surface area contributed by atoms with Crippen molar-refractivity contribution >= 4 is 11.8 Å². The van der Waals surface area contributed by atoms with Gasteiger partial charge in [-0.3, -0.25) is 9.59 Å². The van der Waals surface area contributed by atoms with Crippen molar-refractivity contribution < 1.29 is 9.59 Å². The number of hydrogen-bond donors (Lipinski definition) is 1. The fraction of sp³-hybridized carbons (Fsp3) is 0.846. The molecule has 0 saturated carbocycles. The molecular formula is C13H25N3O2. The largest absolute Gasteiger partial charge is 0.343 e. The van der Waals surface area contributed by atoms with Crippen molar-refractivity contribution in [3.05, 3.63) is 0 Å². The molecule has 0 aromatic heterocycles. The summed E-state index contributed by atoms with van der Waals surface area (Å²) in [6.45, 7) is 7.17. The molecule has 1 aliphatic rings. The average Bonchev–Trinajstić information content (AvgIpc) is 2.34. The first-order valence-corrected chi connectivity index (χ1v) is 6.86. The second-order valence-electron chi connectivity index (χ2n) is 4.85. The van der Waals surface area contributed by atoms with Crippen molar-refractivity contribution in [3.63, 3.8) is 0 Å². The molecule has 0 aliphatic carbocycles. The third kappa shape index (κ3) is 3.98. The fourth-order valence-electron chi connectivity index (χ4n) is 2.23. The molecule has 5 heteroatoms. The van der Waals surface area contributed by atoms with E-state index < -0.39 is 0 Å². The lowest BCUT2D eigenvalue weighted by atomic mass is 10.1. The Hall–Kier alpha value is -1.10. The number of hydrogen-bond acceptors (Lipinski definition) is 3. The number of piperazine rings is 1. The van der Waals surface area contributed by atoms with Crippen LogP contribution in [0.3, 0.4) is 0 Å².